The lowest BCUT2D eigenvalue weighted by Gasteiger charge is -2.25. The number of piperazine rings is 1. The van der Waals surface area contributed by atoms with Crippen molar-refractivity contribution in [1.29, 1.82) is 5.26 Å². The number of nitrogens with zero attached hydrogens (tertiary/aromatic N) is 2. The Morgan fingerprint density at radius 2 is 2.20 bits per heavy atom. The SMILES string of the molecule is C[NH+]1CCN(c2[nH+]cccc2C#N)CC1. The molecular weight excluding hydrogens is 188 g/mol. The van der Waals surface area contributed by atoms with Gasteiger partial charge in [0.25, 0.3) is 5.82 Å². The van der Waals surface area contributed by atoms with Crippen molar-refractivity contribution in [2.75, 3.05) is 38.1 Å². The first-order valence-corrected chi connectivity index (χ1v) is 5.28. The van der Waals surface area contributed by atoms with Crippen LogP contribution < -0.4 is 14.8 Å². The summed E-state index contributed by atoms with van der Waals surface area (Å²) < 4.78 is 0. The molecule has 0 spiro atoms. The van der Waals surface area contributed by atoms with E-state index in [4.69, 9.17) is 5.26 Å². The molecule has 1 aromatic rings. The highest BCUT2D eigenvalue weighted by atomic mass is 15.3. The minimum atomic E-state index is 0.733. The van der Waals surface area contributed by atoms with Gasteiger partial charge in [0.1, 0.15) is 37.8 Å². The standard InChI is InChI=1S/C11H14N4/c1-14-5-7-15(8-6-14)11-10(9-12)3-2-4-13-11/h2-4H,5-8H2,1H3/p+2. The van der Waals surface area contributed by atoms with Gasteiger partial charge in [-0.25, -0.2) is 9.88 Å². The summed E-state index contributed by atoms with van der Waals surface area (Å²) in [6.07, 6.45) is 1.88. The lowest BCUT2D eigenvalue weighted by molar-refractivity contribution is -0.880. The van der Waals surface area contributed by atoms with Crippen LogP contribution >= 0.6 is 0 Å². The van der Waals surface area contributed by atoms with Crippen LogP contribution in [0.15, 0.2) is 18.3 Å². The minimum Gasteiger partial charge on any atom is -0.331 e. The molecule has 0 bridgehead atoms. The van der Waals surface area contributed by atoms with E-state index in [-0.39, 0.29) is 0 Å². The fourth-order valence-corrected chi connectivity index (χ4v) is 1.89. The molecule has 4 nitrogen and oxygen atoms in total. The van der Waals surface area contributed by atoms with Gasteiger partial charge in [-0.2, -0.15) is 5.26 Å². The number of rotatable bonds is 1. The molecule has 0 atom stereocenters. The molecule has 0 saturated carbocycles. The van der Waals surface area contributed by atoms with E-state index in [1.807, 2.05) is 18.3 Å². The van der Waals surface area contributed by atoms with E-state index in [1.165, 1.54) is 0 Å². The zero-order valence-electron chi connectivity index (χ0n) is 8.95. The van der Waals surface area contributed by atoms with Gasteiger partial charge in [-0.15, -0.1) is 0 Å². The average Bonchev–Trinajstić information content (AvgIpc) is 2.30. The third kappa shape index (κ3) is 2.08. The molecule has 78 valence electrons. The first kappa shape index (κ1) is 9.94. The van der Waals surface area contributed by atoms with Gasteiger partial charge in [-0.05, 0) is 12.1 Å². The third-order valence-corrected chi connectivity index (χ3v) is 2.89. The first-order chi connectivity index (χ1) is 7.31. The Labute approximate surface area is 89.7 Å². The highest BCUT2D eigenvalue weighted by Gasteiger charge is 2.26. The van der Waals surface area contributed by atoms with Crippen LogP contribution in [0.25, 0.3) is 0 Å². The second-order valence-electron chi connectivity index (χ2n) is 3.99. The minimum absolute atomic E-state index is 0.733. The number of likely N-dealkylation sites (N-methyl/N-ethyl adjacent to an activating group) is 1. The molecule has 0 amide bonds. The summed E-state index contributed by atoms with van der Waals surface area (Å²) in [7, 11) is 2.21. The van der Waals surface area contributed by atoms with Crippen LogP contribution in [0, 0.1) is 11.3 Å². The molecule has 2 rings (SSSR count). The van der Waals surface area contributed by atoms with E-state index >= 15 is 0 Å². The van der Waals surface area contributed by atoms with Gasteiger partial charge in [0.05, 0.1) is 13.2 Å². The molecule has 1 aliphatic heterocycles. The molecule has 0 radical (unpaired) electrons. The Hall–Kier alpha value is -1.60. The normalized spacial score (nSPS) is 17.5. The van der Waals surface area contributed by atoms with Gasteiger partial charge < -0.3 is 4.90 Å². The summed E-state index contributed by atoms with van der Waals surface area (Å²) in [4.78, 5) is 6.98. The van der Waals surface area contributed by atoms with Crippen LogP contribution in [0.3, 0.4) is 0 Å². The van der Waals surface area contributed by atoms with Crippen LogP contribution in [-0.4, -0.2) is 33.2 Å². The quantitative estimate of drug-likeness (QED) is 0.618. The van der Waals surface area contributed by atoms with Crippen LogP contribution in [0.1, 0.15) is 5.56 Å². The van der Waals surface area contributed by atoms with Gasteiger partial charge in [-0.3, -0.25) is 0 Å². The Morgan fingerprint density at radius 1 is 1.47 bits per heavy atom. The molecule has 1 saturated heterocycles. The van der Waals surface area contributed by atoms with Crippen LogP contribution in [0.2, 0.25) is 0 Å². The second-order valence-corrected chi connectivity index (χ2v) is 3.99. The first-order valence-electron chi connectivity index (χ1n) is 5.28. The molecule has 2 N–H and O–H groups in total. The smallest absolute Gasteiger partial charge is 0.292 e. The Balaban J connectivity index is 2.19. The highest BCUT2D eigenvalue weighted by Crippen LogP contribution is 2.12. The zero-order valence-corrected chi connectivity index (χ0v) is 8.95. The summed E-state index contributed by atoms with van der Waals surface area (Å²) >= 11 is 0. The van der Waals surface area contributed by atoms with Crippen molar-refractivity contribution in [2.45, 2.75) is 0 Å². The van der Waals surface area contributed by atoms with Crippen molar-refractivity contribution in [3.8, 4) is 6.07 Å². The summed E-state index contributed by atoms with van der Waals surface area (Å²) in [5.74, 6) is 0.965. The average molecular weight is 204 g/mol. The zero-order chi connectivity index (χ0) is 10.7. The Bertz CT molecular complexity index is 374. The number of nitriles is 1. The van der Waals surface area contributed by atoms with Crippen molar-refractivity contribution in [3.05, 3.63) is 23.9 Å². The van der Waals surface area contributed by atoms with Crippen molar-refractivity contribution < 1.29 is 9.88 Å². The van der Waals surface area contributed by atoms with Crippen molar-refractivity contribution in [3.63, 3.8) is 0 Å². The lowest BCUT2D eigenvalue weighted by atomic mass is 10.2. The molecule has 1 aliphatic rings. The Kier molecular flexibility index (Phi) is 2.84. The van der Waals surface area contributed by atoms with Gasteiger partial charge >= 0.3 is 0 Å². The summed E-state index contributed by atoms with van der Waals surface area (Å²) in [6.45, 7) is 4.29. The number of hydrogen-bond acceptors (Lipinski definition) is 2. The fourth-order valence-electron chi connectivity index (χ4n) is 1.89. The van der Waals surface area contributed by atoms with Gasteiger partial charge in [0.15, 0.2) is 0 Å². The van der Waals surface area contributed by atoms with Crippen molar-refractivity contribution in [1.82, 2.24) is 0 Å². The predicted octanol–water partition coefficient (Wildman–Crippen LogP) is -1.29. The van der Waals surface area contributed by atoms with E-state index in [0.29, 0.717) is 0 Å². The number of hydrogen-bond donors (Lipinski definition) is 1. The number of aromatic nitrogens is 1. The number of anilines is 1. The maximum Gasteiger partial charge on any atom is 0.292 e. The monoisotopic (exact) mass is 204 g/mol. The van der Waals surface area contributed by atoms with E-state index < -0.39 is 0 Å². The fraction of sp³-hybridized carbons (Fsp3) is 0.455. The molecule has 0 aromatic carbocycles. The molecule has 0 unspecified atom stereocenters. The molecule has 15 heavy (non-hydrogen) atoms. The maximum atomic E-state index is 9.00. The van der Waals surface area contributed by atoms with Crippen LogP contribution in [0.5, 0.6) is 0 Å². The summed E-state index contributed by atoms with van der Waals surface area (Å²) in [6, 6.07) is 5.95. The van der Waals surface area contributed by atoms with Crippen LogP contribution in [0.4, 0.5) is 5.82 Å². The molecular formula is C11H16N4+2. The third-order valence-electron chi connectivity index (χ3n) is 2.89. The largest absolute Gasteiger partial charge is 0.331 e. The second kappa shape index (κ2) is 4.28. The molecule has 2 heterocycles. The number of quaternary nitrogens is 1. The molecule has 1 aromatic heterocycles. The molecule has 0 aliphatic carbocycles. The molecule has 1 fully saturated rings. The summed E-state index contributed by atoms with van der Waals surface area (Å²) in [5.41, 5.74) is 0.733. The van der Waals surface area contributed by atoms with E-state index in [1.54, 1.807) is 4.90 Å². The van der Waals surface area contributed by atoms with E-state index in [2.05, 4.69) is 23.0 Å². The number of H-pyrrole nitrogens is 1. The number of pyridine rings is 1. The van der Waals surface area contributed by atoms with E-state index in [0.717, 1.165) is 37.6 Å². The van der Waals surface area contributed by atoms with Gasteiger partial charge in [0.2, 0.25) is 0 Å². The summed E-state index contributed by atoms with van der Waals surface area (Å²) in [5, 5.41) is 9.00. The van der Waals surface area contributed by atoms with Crippen molar-refractivity contribution >= 4 is 5.82 Å². The number of nitrogens with one attached hydrogen (secondary N) is 2. The highest BCUT2D eigenvalue weighted by molar-refractivity contribution is 5.49. The molecule has 4 heteroatoms. The lowest BCUT2D eigenvalue weighted by Crippen LogP contribution is -3.12. The predicted molar refractivity (Wildman–Crippen MR) is 56.5 cm³/mol. The van der Waals surface area contributed by atoms with Crippen LogP contribution in [-0.2, 0) is 0 Å². The number of aromatic amines is 1. The Morgan fingerprint density at radius 3 is 2.87 bits per heavy atom. The van der Waals surface area contributed by atoms with Gasteiger partial charge in [0, 0.05) is 0 Å². The van der Waals surface area contributed by atoms with Crippen molar-refractivity contribution in [2.24, 2.45) is 0 Å². The maximum absolute atomic E-state index is 9.00. The van der Waals surface area contributed by atoms with Gasteiger partial charge in [-0.1, -0.05) is 0 Å². The van der Waals surface area contributed by atoms with E-state index in [9.17, 15) is 0 Å². The topological polar surface area (TPSA) is 45.6 Å².